The summed E-state index contributed by atoms with van der Waals surface area (Å²) in [6.07, 6.45) is 3.46. The molecule has 0 aromatic rings. The van der Waals surface area contributed by atoms with Crippen LogP contribution in [0.5, 0.6) is 0 Å². The van der Waals surface area contributed by atoms with E-state index in [9.17, 15) is 34.5 Å². The fourth-order valence-corrected chi connectivity index (χ4v) is 9.66. The van der Waals surface area contributed by atoms with E-state index in [1.807, 2.05) is 54.5 Å². The molecule has 4 aliphatic rings. The first-order chi connectivity index (χ1) is 23.3. The number of aliphatic hydroxyl groups is 3. The van der Waals surface area contributed by atoms with E-state index in [0.717, 1.165) is 18.4 Å². The van der Waals surface area contributed by atoms with Crippen molar-refractivity contribution >= 4 is 23.3 Å². The second-order valence-corrected chi connectivity index (χ2v) is 17.4. The lowest BCUT2D eigenvalue weighted by molar-refractivity contribution is -0.167. The first kappa shape index (κ1) is 40.6. The van der Waals surface area contributed by atoms with Crippen LogP contribution in [0.25, 0.3) is 0 Å². The van der Waals surface area contributed by atoms with Gasteiger partial charge in [-0.25, -0.2) is 0 Å². The zero-order chi connectivity index (χ0) is 37.3. The van der Waals surface area contributed by atoms with Crippen LogP contribution in [0.1, 0.15) is 132 Å². The monoisotopic (exact) mass is 700 g/mol. The molecular weight excluding hydrogens is 636 g/mol. The maximum atomic E-state index is 14.9. The number of methoxy groups -OCH3 is 1. The maximum absolute atomic E-state index is 14.9. The second kappa shape index (κ2) is 15.8. The standard InChI is InChI=1S/C41H64O9/c1-23(2)28-19-30(42)26(5)12-10-11-24(3)18-31(43)37-29-17-25(4)13-14-34(46)40(8)16-15-35(50-40)39(7,48)21-33(45)36(29)27(6)20-41(37,22-32(28)44)38(47)49-9/h17,23-24,26,28-29,33-35,37,45-46,48H,10-16,18-22H2,1-9H3/b25-17-/t24-,26+,28-,29-,33+,34-,35+,37+,39-,40+,41+/m0/s1. The van der Waals surface area contributed by atoms with Crippen molar-refractivity contribution < 1.29 is 44.0 Å². The Hall–Kier alpha value is -2.20. The number of aliphatic hydroxyl groups excluding tert-OH is 2. The Kier molecular flexibility index (Phi) is 12.8. The summed E-state index contributed by atoms with van der Waals surface area (Å²) in [5, 5.41) is 35.2. The van der Waals surface area contributed by atoms with Crippen LogP contribution in [0.3, 0.4) is 0 Å². The van der Waals surface area contributed by atoms with Gasteiger partial charge in [-0.1, -0.05) is 57.8 Å². The third-order valence-corrected chi connectivity index (χ3v) is 12.8. The van der Waals surface area contributed by atoms with Gasteiger partial charge in [0.1, 0.15) is 17.3 Å². The zero-order valence-electron chi connectivity index (χ0n) is 32.0. The van der Waals surface area contributed by atoms with E-state index in [2.05, 4.69) is 0 Å². The molecule has 2 fully saturated rings. The lowest BCUT2D eigenvalue weighted by Gasteiger charge is -2.48. The van der Waals surface area contributed by atoms with Crippen molar-refractivity contribution in [3.63, 3.8) is 0 Å². The minimum Gasteiger partial charge on any atom is -0.469 e. The van der Waals surface area contributed by atoms with Gasteiger partial charge < -0.3 is 24.8 Å². The Labute approximate surface area is 299 Å². The van der Waals surface area contributed by atoms with Gasteiger partial charge in [0.05, 0.1) is 42.0 Å². The van der Waals surface area contributed by atoms with Crippen LogP contribution in [-0.2, 0) is 28.7 Å². The summed E-state index contributed by atoms with van der Waals surface area (Å²) >= 11 is 0. The molecule has 2 aliphatic carbocycles. The van der Waals surface area contributed by atoms with E-state index in [-0.39, 0.29) is 67.2 Å². The molecule has 0 aromatic heterocycles. The van der Waals surface area contributed by atoms with Crippen molar-refractivity contribution in [3.05, 3.63) is 22.8 Å². The molecule has 2 aliphatic heterocycles. The first-order valence-corrected chi connectivity index (χ1v) is 19.1. The molecule has 0 unspecified atom stereocenters. The van der Waals surface area contributed by atoms with Crippen LogP contribution >= 0.6 is 0 Å². The number of Topliss-reactive ketones (excluding diaryl/α,β-unsaturated/α-hetero) is 3. The molecule has 50 heavy (non-hydrogen) atoms. The number of rotatable bonds is 2. The van der Waals surface area contributed by atoms with Crippen LogP contribution in [0, 0.1) is 40.9 Å². The third-order valence-electron chi connectivity index (χ3n) is 12.8. The lowest BCUT2D eigenvalue weighted by Crippen LogP contribution is -2.53. The van der Waals surface area contributed by atoms with Crippen molar-refractivity contribution in [3.8, 4) is 0 Å². The summed E-state index contributed by atoms with van der Waals surface area (Å²) in [6, 6.07) is 0. The van der Waals surface area contributed by atoms with Gasteiger partial charge in [-0.05, 0) is 83.6 Å². The summed E-state index contributed by atoms with van der Waals surface area (Å²) in [7, 11) is 1.28. The van der Waals surface area contributed by atoms with Crippen LogP contribution in [0.15, 0.2) is 22.8 Å². The van der Waals surface area contributed by atoms with Crippen LogP contribution in [0.4, 0.5) is 0 Å². The highest BCUT2D eigenvalue weighted by Gasteiger charge is 2.59. The highest BCUT2D eigenvalue weighted by Crippen LogP contribution is 2.55. The molecule has 1 saturated carbocycles. The van der Waals surface area contributed by atoms with E-state index in [1.54, 1.807) is 6.92 Å². The number of ketones is 3. The van der Waals surface area contributed by atoms with Crippen molar-refractivity contribution in [2.24, 2.45) is 40.9 Å². The Balaban J connectivity index is 1.95. The van der Waals surface area contributed by atoms with E-state index in [0.29, 0.717) is 43.3 Å². The highest BCUT2D eigenvalue weighted by molar-refractivity contribution is 5.96. The lowest BCUT2D eigenvalue weighted by atomic mass is 9.54. The van der Waals surface area contributed by atoms with Crippen molar-refractivity contribution in [1.82, 2.24) is 0 Å². The molecule has 11 atom stereocenters. The molecule has 1 saturated heterocycles. The molecule has 2 bridgehead atoms. The molecule has 3 N–H and O–H groups in total. The number of carbonyl (C=O) groups excluding carboxylic acids is 4. The zero-order valence-corrected chi connectivity index (χ0v) is 32.0. The van der Waals surface area contributed by atoms with E-state index < -0.39 is 58.7 Å². The van der Waals surface area contributed by atoms with Crippen LogP contribution in [0.2, 0.25) is 0 Å². The van der Waals surface area contributed by atoms with Crippen molar-refractivity contribution in [2.75, 3.05) is 7.11 Å². The molecule has 0 spiro atoms. The van der Waals surface area contributed by atoms with Crippen molar-refractivity contribution in [1.29, 1.82) is 0 Å². The molecule has 0 aromatic carbocycles. The summed E-state index contributed by atoms with van der Waals surface area (Å²) < 4.78 is 11.8. The smallest absolute Gasteiger partial charge is 0.313 e. The van der Waals surface area contributed by atoms with Gasteiger partial charge in [0.2, 0.25) is 0 Å². The first-order valence-electron chi connectivity index (χ1n) is 19.1. The van der Waals surface area contributed by atoms with Gasteiger partial charge in [-0.2, -0.15) is 0 Å². The minimum absolute atomic E-state index is 0.0278. The Morgan fingerprint density at radius 1 is 0.960 bits per heavy atom. The highest BCUT2D eigenvalue weighted by atomic mass is 16.5. The molecule has 0 radical (unpaired) electrons. The SMILES string of the molecule is COC(=O)[C@]12CC(=O)[C@H](C(C)C)CC(=O)[C@H](C)CCC[C@H](C)CC(=O)[C@H]1[C@H]1/C=C(/C)CC[C@H](O)[C@@]3(C)CC[C@@H](O3)[C@@](C)(O)C[C@@H](O)C1=C(C)C2. The molecule has 9 heteroatoms. The predicted octanol–water partition coefficient (Wildman–Crippen LogP) is 6.25. The molecule has 282 valence electrons. The number of carbonyl (C=O) groups is 4. The van der Waals surface area contributed by atoms with Gasteiger partial charge >= 0.3 is 5.97 Å². The summed E-state index contributed by atoms with van der Waals surface area (Å²) in [5.41, 5.74) is -1.73. The fourth-order valence-electron chi connectivity index (χ4n) is 9.66. The summed E-state index contributed by atoms with van der Waals surface area (Å²) in [6.45, 7) is 15.0. The Morgan fingerprint density at radius 2 is 1.64 bits per heavy atom. The topological polar surface area (TPSA) is 147 Å². The number of hydrogen-bond donors (Lipinski definition) is 3. The van der Waals surface area contributed by atoms with Crippen LogP contribution < -0.4 is 0 Å². The molecule has 4 rings (SSSR count). The Morgan fingerprint density at radius 3 is 2.28 bits per heavy atom. The number of ether oxygens (including phenoxy) is 2. The molecule has 0 amide bonds. The van der Waals surface area contributed by atoms with Gasteiger partial charge in [0.15, 0.2) is 0 Å². The van der Waals surface area contributed by atoms with Crippen LogP contribution in [-0.4, -0.2) is 75.3 Å². The predicted molar refractivity (Wildman–Crippen MR) is 191 cm³/mol. The van der Waals surface area contributed by atoms with Gasteiger partial charge in [0.25, 0.3) is 0 Å². The normalized spacial score (nSPS) is 42.7. The number of esters is 1. The average Bonchev–Trinajstić information content (AvgIpc) is 3.44. The van der Waals surface area contributed by atoms with Gasteiger partial charge in [-0.15, -0.1) is 0 Å². The second-order valence-electron chi connectivity index (χ2n) is 17.4. The third kappa shape index (κ3) is 8.37. The molecule has 9 nitrogen and oxygen atoms in total. The quantitative estimate of drug-likeness (QED) is 0.225. The fraction of sp³-hybridized carbons (Fsp3) is 0.805. The average molecular weight is 701 g/mol. The van der Waals surface area contributed by atoms with E-state index in [1.165, 1.54) is 7.11 Å². The van der Waals surface area contributed by atoms with E-state index >= 15 is 0 Å². The largest absolute Gasteiger partial charge is 0.469 e. The van der Waals surface area contributed by atoms with Gasteiger partial charge in [0, 0.05) is 49.4 Å². The van der Waals surface area contributed by atoms with E-state index in [4.69, 9.17) is 9.47 Å². The maximum Gasteiger partial charge on any atom is 0.313 e. The molecule has 2 heterocycles. The summed E-state index contributed by atoms with van der Waals surface area (Å²) in [4.78, 5) is 57.1. The minimum atomic E-state index is -1.56. The Bertz CT molecular complexity index is 1360. The summed E-state index contributed by atoms with van der Waals surface area (Å²) in [5.74, 6) is -3.80. The molecular formula is C41H64O9. The van der Waals surface area contributed by atoms with Gasteiger partial charge in [-0.3, -0.25) is 19.2 Å². The number of allylic oxidation sites excluding steroid dienone is 3. The number of hydrogen-bond acceptors (Lipinski definition) is 9. The number of fused-ring (bicyclic) bond motifs is 5. The van der Waals surface area contributed by atoms with Crippen molar-refractivity contribution in [2.45, 2.75) is 162 Å².